The monoisotopic (exact) mass is 259 g/mol. The zero-order valence-corrected chi connectivity index (χ0v) is 13.1. The van der Waals surface area contributed by atoms with E-state index in [4.69, 9.17) is 9.47 Å². The Hall–Kier alpha value is -0.120. The van der Waals surface area contributed by atoms with Crippen LogP contribution in [0.15, 0.2) is 0 Å². The molecule has 3 heteroatoms. The molecule has 0 aliphatic rings. The summed E-state index contributed by atoms with van der Waals surface area (Å²) in [6, 6.07) is 0.603. The summed E-state index contributed by atoms with van der Waals surface area (Å²) in [6.07, 6.45) is 5.22. The van der Waals surface area contributed by atoms with Crippen molar-refractivity contribution in [3.8, 4) is 0 Å². The van der Waals surface area contributed by atoms with Crippen molar-refractivity contribution in [3.05, 3.63) is 0 Å². The molecule has 110 valence electrons. The van der Waals surface area contributed by atoms with Crippen LogP contribution in [-0.2, 0) is 9.47 Å². The van der Waals surface area contributed by atoms with E-state index in [0.717, 1.165) is 13.2 Å². The van der Waals surface area contributed by atoms with Gasteiger partial charge >= 0.3 is 0 Å². The van der Waals surface area contributed by atoms with Crippen molar-refractivity contribution < 1.29 is 9.47 Å². The molecule has 0 spiro atoms. The summed E-state index contributed by atoms with van der Waals surface area (Å²) in [5.41, 5.74) is -0.0601. The van der Waals surface area contributed by atoms with Gasteiger partial charge in [0.15, 0.2) is 0 Å². The molecule has 0 fully saturated rings. The van der Waals surface area contributed by atoms with Crippen LogP contribution in [0.3, 0.4) is 0 Å². The molecular formula is C15H33NO2. The molecule has 0 radical (unpaired) electrons. The molecule has 0 rings (SSSR count). The van der Waals surface area contributed by atoms with Gasteiger partial charge in [-0.25, -0.2) is 0 Å². The molecule has 1 atom stereocenters. The Morgan fingerprint density at radius 2 is 1.78 bits per heavy atom. The van der Waals surface area contributed by atoms with Gasteiger partial charge in [-0.3, -0.25) is 0 Å². The average Bonchev–Trinajstić information content (AvgIpc) is 2.26. The van der Waals surface area contributed by atoms with Gasteiger partial charge in [0.1, 0.15) is 0 Å². The highest BCUT2D eigenvalue weighted by molar-refractivity contribution is 4.60. The van der Waals surface area contributed by atoms with E-state index in [1.165, 1.54) is 25.7 Å². The predicted molar refractivity (Wildman–Crippen MR) is 78.1 cm³/mol. The quantitative estimate of drug-likeness (QED) is 0.577. The molecule has 1 unspecified atom stereocenters. The number of ether oxygens (including phenoxy) is 2. The molecule has 0 saturated carbocycles. The first-order valence-electron chi connectivity index (χ1n) is 7.41. The summed E-state index contributed by atoms with van der Waals surface area (Å²) >= 11 is 0. The number of unbranched alkanes of at least 4 members (excludes halogenated alkanes) is 2. The van der Waals surface area contributed by atoms with Crippen LogP contribution in [0, 0.1) is 0 Å². The van der Waals surface area contributed by atoms with E-state index in [2.05, 4.69) is 39.9 Å². The summed E-state index contributed by atoms with van der Waals surface area (Å²) < 4.78 is 11.1. The van der Waals surface area contributed by atoms with Crippen molar-refractivity contribution >= 4 is 0 Å². The fourth-order valence-corrected chi connectivity index (χ4v) is 1.69. The fraction of sp³-hybridized carbons (Fsp3) is 1.00. The van der Waals surface area contributed by atoms with Crippen molar-refractivity contribution in [1.29, 1.82) is 0 Å². The Bertz CT molecular complexity index is 178. The molecule has 0 aliphatic carbocycles. The maximum absolute atomic E-state index is 5.58. The lowest BCUT2D eigenvalue weighted by atomic mass is 10.1. The summed E-state index contributed by atoms with van der Waals surface area (Å²) in [4.78, 5) is 0. The van der Waals surface area contributed by atoms with Crippen LogP contribution in [0.5, 0.6) is 0 Å². The smallest absolute Gasteiger partial charge is 0.0707 e. The third kappa shape index (κ3) is 13.9. The van der Waals surface area contributed by atoms with Gasteiger partial charge in [-0.05, 0) is 34.1 Å². The lowest BCUT2D eigenvalue weighted by molar-refractivity contribution is -0.0344. The highest BCUT2D eigenvalue weighted by atomic mass is 16.5. The van der Waals surface area contributed by atoms with Crippen LogP contribution in [0.1, 0.15) is 60.3 Å². The first-order valence-corrected chi connectivity index (χ1v) is 7.41. The Kier molecular flexibility index (Phi) is 10.7. The predicted octanol–water partition coefficient (Wildman–Crippen LogP) is 3.38. The van der Waals surface area contributed by atoms with Gasteiger partial charge in [-0.2, -0.15) is 0 Å². The summed E-state index contributed by atoms with van der Waals surface area (Å²) in [5, 5.41) is 3.48. The van der Waals surface area contributed by atoms with Gasteiger partial charge in [-0.15, -0.1) is 0 Å². The van der Waals surface area contributed by atoms with E-state index in [0.29, 0.717) is 19.3 Å². The SMILES string of the molecule is CCCCCC(C)NCCOCCOC(C)(C)C. The van der Waals surface area contributed by atoms with Crippen molar-refractivity contribution in [1.82, 2.24) is 5.32 Å². The number of hydrogen-bond acceptors (Lipinski definition) is 3. The molecule has 0 aromatic rings. The summed E-state index contributed by atoms with van der Waals surface area (Å²) in [6.45, 7) is 13.7. The summed E-state index contributed by atoms with van der Waals surface area (Å²) in [7, 11) is 0. The topological polar surface area (TPSA) is 30.5 Å². The van der Waals surface area contributed by atoms with Crippen LogP contribution in [-0.4, -0.2) is 38.0 Å². The number of hydrogen-bond donors (Lipinski definition) is 1. The lowest BCUT2D eigenvalue weighted by Crippen LogP contribution is -2.30. The van der Waals surface area contributed by atoms with E-state index in [1.54, 1.807) is 0 Å². The molecule has 18 heavy (non-hydrogen) atoms. The molecule has 0 bridgehead atoms. The summed E-state index contributed by atoms with van der Waals surface area (Å²) in [5.74, 6) is 0. The minimum Gasteiger partial charge on any atom is -0.378 e. The lowest BCUT2D eigenvalue weighted by Gasteiger charge is -2.19. The van der Waals surface area contributed by atoms with Gasteiger partial charge < -0.3 is 14.8 Å². The molecule has 0 aliphatic heterocycles. The molecule has 0 amide bonds. The van der Waals surface area contributed by atoms with E-state index in [-0.39, 0.29) is 5.60 Å². The minimum absolute atomic E-state index is 0.0601. The third-order valence-electron chi connectivity index (χ3n) is 2.74. The van der Waals surface area contributed by atoms with Gasteiger partial charge in [0.05, 0.1) is 25.4 Å². The fourth-order valence-electron chi connectivity index (χ4n) is 1.69. The van der Waals surface area contributed by atoms with E-state index in [1.807, 2.05) is 0 Å². The molecular weight excluding hydrogens is 226 g/mol. The highest BCUT2D eigenvalue weighted by Crippen LogP contribution is 2.05. The van der Waals surface area contributed by atoms with Gasteiger partial charge in [0.2, 0.25) is 0 Å². The Morgan fingerprint density at radius 1 is 1.06 bits per heavy atom. The minimum atomic E-state index is -0.0601. The maximum atomic E-state index is 5.58. The van der Waals surface area contributed by atoms with Crippen LogP contribution < -0.4 is 5.32 Å². The van der Waals surface area contributed by atoms with Crippen molar-refractivity contribution in [2.24, 2.45) is 0 Å². The van der Waals surface area contributed by atoms with Gasteiger partial charge in [0.25, 0.3) is 0 Å². The second-order valence-electron chi connectivity index (χ2n) is 5.92. The number of rotatable bonds is 11. The molecule has 1 N–H and O–H groups in total. The van der Waals surface area contributed by atoms with E-state index >= 15 is 0 Å². The van der Waals surface area contributed by atoms with Crippen LogP contribution in [0.2, 0.25) is 0 Å². The van der Waals surface area contributed by atoms with Gasteiger partial charge in [0, 0.05) is 12.6 Å². The second-order valence-corrected chi connectivity index (χ2v) is 5.92. The Labute approximate surface area is 114 Å². The highest BCUT2D eigenvalue weighted by Gasteiger charge is 2.08. The zero-order valence-electron chi connectivity index (χ0n) is 13.1. The van der Waals surface area contributed by atoms with Gasteiger partial charge in [-0.1, -0.05) is 26.2 Å². The first-order chi connectivity index (χ1) is 8.45. The van der Waals surface area contributed by atoms with Crippen molar-refractivity contribution in [2.75, 3.05) is 26.4 Å². The van der Waals surface area contributed by atoms with E-state index in [9.17, 15) is 0 Å². The van der Waals surface area contributed by atoms with E-state index < -0.39 is 0 Å². The van der Waals surface area contributed by atoms with Crippen molar-refractivity contribution in [2.45, 2.75) is 71.9 Å². The second kappa shape index (κ2) is 10.8. The Balaban J connectivity index is 3.20. The molecule has 0 aromatic heterocycles. The maximum Gasteiger partial charge on any atom is 0.0707 e. The average molecular weight is 259 g/mol. The van der Waals surface area contributed by atoms with Crippen LogP contribution in [0.25, 0.3) is 0 Å². The Morgan fingerprint density at radius 3 is 2.39 bits per heavy atom. The van der Waals surface area contributed by atoms with Crippen LogP contribution in [0.4, 0.5) is 0 Å². The molecule has 0 aromatic carbocycles. The zero-order chi connectivity index (χ0) is 13.9. The third-order valence-corrected chi connectivity index (χ3v) is 2.74. The molecule has 3 nitrogen and oxygen atoms in total. The van der Waals surface area contributed by atoms with Crippen LogP contribution >= 0.6 is 0 Å². The standard InChI is InChI=1S/C15H33NO2/c1-6-7-8-9-14(2)16-10-11-17-12-13-18-15(3,4)5/h14,16H,6-13H2,1-5H3. The normalized spacial score (nSPS) is 13.8. The molecule has 0 saturated heterocycles. The number of nitrogens with one attached hydrogen (secondary N) is 1. The molecule has 0 heterocycles. The largest absolute Gasteiger partial charge is 0.378 e. The first kappa shape index (κ1) is 17.9. The van der Waals surface area contributed by atoms with Crippen molar-refractivity contribution in [3.63, 3.8) is 0 Å².